The summed E-state index contributed by atoms with van der Waals surface area (Å²) in [4.78, 5) is 60.7. The van der Waals surface area contributed by atoms with E-state index in [0.29, 0.717) is 12.8 Å². The van der Waals surface area contributed by atoms with E-state index in [9.17, 15) is 29.1 Å². The average molecular weight is 432 g/mol. The van der Waals surface area contributed by atoms with E-state index in [0.717, 1.165) is 0 Å². The molecular formula is C17H28N4O7S. The number of carbonyl (C=O) groups excluding carboxylic acids is 3. The number of hydrogen-bond acceptors (Lipinski definition) is 7. The Labute approximate surface area is 173 Å². The van der Waals surface area contributed by atoms with E-state index in [1.807, 2.05) is 0 Å². The summed E-state index contributed by atoms with van der Waals surface area (Å²) in [5.74, 6) is -4.86. The highest BCUT2D eigenvalue weighted by molar-refractivity contribution is 7.80. The Morgan fingerprint density at radius 2 is 1.76 bits per heavy atom. The molecule has 0 spiro atoms. The molecule has 29 heavy (non-hydrogen) atoms. The first-order valence-corrected chi connectivity index (χ1v) is 9.85. The Kier molecular flexibility index (Phi) is 9.37. The molecule has 0 aromatic heterocycles. The minimum Gasteiger partial charge on any atom is -0.481 e. The van der Waals surface area contributed by atoms with Crippen LogP contribution >= 0.6 is 12.6 Å². The number of nitrogens with one attached hydrogen (secondary N) is 2. The lowest BCUT2D eigenvalue weighted by Gasteiger charge is -2.30. The summed E-state index contributed by atoms with van der Waals surface area (Å²) >= 11 is 4.02. The topological polar surface area (TPSA) is 179 Å². The lowest BCUT2D eigenvalue weighted by molar-refractivity contribution is -0.150. The number of hydrogen-bond donors (Lipinski definition) is 6. The van der Waals surface area contributed by atoms with Gasteiger partial charge in [0.25, 0.3) is 0 Å². The number of carbonyl (C=O) groups is 5. The van der Waals surface area contributed by atoms with Crippen molar-refractivity contribution in [2.75, 3.05) is 12.3 Å². The van der Waals surface area contributed by atoms with Crippen LogP contribution in [-0.2, 0) is 24.0 Å². The van der Waals surface area contributed by atoms with Gasteiger partial charge in [0.05, 0.1) is 12.5 Å². The molecule has 6 N–H and O–H groups in total. The summed E-state index contributed by atoms with van der Waals surface area (Å²) in [5.41, 5.74) is 5.48. The van der Waals surface area contributed by atoms with Crippen LogP contribution in [0.3, 0.4) is 0 Å². The largest absolute Gasteiger partial charge is 0.481 e. The number of nitrogens with zero attached hydrogens (tertiary/aromatic N) is 1. The molecule has 1 fully saturated rings. The Hall–Kier alpha value is -2.34. The highest BCUT2D eigenvalue weighted by atomic mass is 32.1. The van der Waals surface area contributed by atoms with Crippen molar-refractivity contribution in [2.24, 2.45) is 11.7 Å². The van der Waals surface area contributed by atoms with E-state index in [2.05, 4.69) is 23.3 Å². The van der Waals surface area contributed by atoms with Gasteiger partial charge in [0.1, 0.15) is 18.1 Å². The number of nitrogens with two attached hydrogens (primary N) is 1. The first kappa shape index (κ1) is 24.7. The highest BCUT2D eigenvalue weighted by Gasteiger charge is 2.39. The molecule has 4 unspecified atom stereocenters. The third-order valence-corrected chi connectivity index (χ3v) is 4.96. The van der Waals surface area contributed by atoms with E-state index in [1.165, 1.54) is 4.90 Å². The second-order valence-electron chi connectivity index (χ2n) is 7.21. The summed E-state index contributed by atoms with van der Waals surface area (Å²) in [6, 6.07) is -4.41. The lowest BCUT2D eigenvalue weighted by Crippen LogP contribution is -2.59. The van der Waals surface area contributed by atoms with Gasteiger partial charge < -0.3 is 31.5 Å². The molecule has 1 aliphatic rings. The van der Waals surface area contributed by atoms with Crippen molar-refractivity contribution in [3.05, 3.63) is 0 Å². The molecule has 0 saturated carbocycles. The van der Waals surface area contributed by atoms with Crippen molar-refractivity contribution in [2.45, 2.75) is 57.3 Å². The van der Waals surface area contributed by atoms with Gasteiger partial charge in [-0.2, -0.15) is 12.6 Å². The molecule has 0 bridgehead atoms. The first-order valence-electron chi connectivity index (χ1n) is 9.21. The molecule has 164 valence electrons. The molecule has 0 aromatic rings. The smallest absolute Gasteiger partial charge is 0.326 e. The Balaban J connectivity index is 2.84. The van der Waals surface area contributed by atoms with Gasteiger partial charge in [0.15, 0.2) is 0 Å². The molecule has 0 radical (unpaired) electrons. The summed E-state index contributed by atoms with van der Waals surface area (Å²) in [5, 5.41) is 22.8. The molecule has 3 amide bonds. The molecule has 12 heteroatoms. The summed E-state index contributed by atoms with van der Waals surface area (Å²) in [6.07, 6.45) is 0.292. The number of thiol groups is 1. The van der Waals surface area contributed by atoms with Crippen molar-refractivity contribution in [3.63, 3.8) is 0 Å². The normalized spacial score (nSPS) is 19.3. The van der Waals surface area contributed by atoms with Gasteiger partial charge in [0, 0.05) is 12.3 Å². The van der Waals surface area contributed by atoms with E-state index in [1.54, 1.807) is 13.8 Å². The predicted octanol–water partition coefficient (Wildman–Crippen LogP) is -1.58. The van der Waals surface area contributed by atoms with E-state index in [-0.39, 0.29) is 18.2 Å². The number of carboxylic acids is 2. The fourth-order valence-corrected chi connectivity index (χ4v) is 3.24. The van der Waals surface area contributed by atoms with Crippen molar-refractivity contribution >= 4 is 42.3 Å². The highest BCUT2D eigenvalue weighted by Crippen LogP contribution is 2.20. The molecule has 11 nitrogen and oxygen atoms in total. The third kappa shape index (κ3) is 6.89. The molecule has 1 saturated heterocycles. The number of amides is 3. The van der Waals surface area contributed by atoms with Gasteiger partial charge in [-0.05, 0) is 18.8 Å². The van der Waals surface area contributed by atoms with Gasteiger partial charge in [-0.25, -0.2) is 4.79 Å². The quantitative estimate of drug-likeness (QED) is 0.224. The second-order valence-corrected chi connectivity index (χ2v) is 7.57. The number of aliphatic carboxylic acids is 2. The third-order valence-electron chi connectivity index (χ3n) is 4.60. The zero-order valence-electron chi connectivity index (χ0n) is 16.3. The van der Waals surface area contributed by atoms with Crippen LogP contribution < -0.4 is 16.4 Å². The molecule has 4 atom stereocenters. The fraction of sp³-hybridized carbons (Fsp3) is 0.706. The van der Waals surface area contributed by atoms with Crippen LogP contribution in [0.1, 0.15) is 33.1 Å². The zero-order chi connectivity index (χ0) is 22.3. The maximum atomic E-state index is 12.9. The van der Waals surface area contributed by atoms with Gasteiger partial charge in [-0.3, -0.25) is 19.2 Å². The average Bonchev–Trinajstić information content (AvgIpc) is 3.12. The second kappa shape index (κ2) is 11.0. The van der Waals surface area contributed by atoms with Crippen LogP contribution in [0.15, 0.2) is 0 Å². The van der Waals surface area contributed by atoms with Crippen LogP contribution in [0.2, 0.25) is 0 Å². The van der Waals surface area contributed by atoms with Crippen molar-refractivity contribution in [1.29, 1.82) is 0 Å². The van der Waals surface area contributed by atoms with E-state index >= 15 is 0 Å². The summed E-state index contributed by atoms with van der Waals surface area (Å²) < 4.78 is 0. The molecule has 1 heterocycles. The minimum atomic E-state index is -1.34. The standard InChI is InChI=1S/C17H28N4O7S/c1-8(2)13(16(26)21-5-3-4-11(21)17(27)28)20-15(25)10(7-29)19-14(24)9(18)6-12(22)23/h8-11,13,29H,3-7,18H2,1-2H3,(H,19,24)(H,20,25)(H,22,23)(H,27,28). The Morgan fingerprint density at radius 3 is 2.24 bits per heavy atom. The SMILES string of the molecule is CC(C)C(NC(=O)C(CS)NC(=O)C(N)CC(=O)O)C(=O)N1CCCC1C(=O)O. The minimum absolute atomic E-state index is 0.113. The number of likely N-dealkylation sites (tertiary alicyclic amines) is 1. The first-order chi connectivity index (χ1) is 13.5. The molecule has 1 rings (SSSR count). The van der Waals surface area contributed by atoms with Gasteiger partial charge in [-0.1, -0.05) is 13.8 Å². The molecule has 0 aromatic carbocycles. The number of rotatable bonds is 10. The molecule has 1 aliphatic heterocycles. The number of carboxylic acid groups (broad SMARTS) is 2. The van der Waals surface area contributed by atoms with E-state index in [4.69, 9.17) is 10.8 Å². The van der Waals surface area contributed by atoms with Crippen LogP contribution in [0.5, 0.6) is 0 Å². The maximum absolute atomic E-state index is 12.9. The molecule has 0 aliphatic carbocycles. The maximum Gasteiger partial charge on any atom is 0.326 e. The van der Waals surface area contributed by atoms with Crippen molar-refractivity contribution < 1.29 is 34.2 Å². The van der Waals surface area contributed by atoms with Gasteiger partial charge in [0.2, 0.25) is 17.7 Å². The van der Waals surface area contributed by atoms with E-state index < -0.39 is 60.2 Å². The van der Waals surface area contributed by atoms with Gasteiger partial charge >= 0.3 is 11.9 Å². The van der Waals surface area contributed by atoms with Crippen LogP contribution in [-0.4, -0.2) is 81.2 Å². The fourth-order valence-electron chi connectivity index (χ4n) is 2.99. The predicted molar refractivity (Wildman–Crippen MR) is 105 cm³/mol. The zero-order valence-corrected chi connectivity index (χ0v) is 17.2. The lowest BCUT2D eigenvalue weighted by atomic mass is 10.0. The van der Waals surface area contributed by atoms with Crippen LogP contribution in [0.4, 0.5) is 0 Å². The molecular weight excluding hydrogens is 404 g/mol. The Bertz CT molecular complexity index is 658. The summed E-state index contributed by atoms with van der Waals surface area (Å²) in [6.45, 7) is 3.68. The monoisotopic (exact) mass is 432 g/mol. The Morgan fingerprint density at radius 1 is 1.14 bits per heavy atom. The van der Waals surface area contributed by atoms with Gasteiger partial charge in [-0.15, -0.1) is 0 Å². The van der Waals surface area contributed by atoms with Crippen molar-refractivity contribution in [3.8, 4) is 0 Å². The van der Waals surface area contributed by atoms with Crippen LogP contribution in [0, 0.1) is 5.92 Å². The van der Waals surface area contributed by atoms with Crippen LogP contribution in [0.25, 0.3) is 0 Å². The van der Waals surface area contributed by atoms with Crippen molar-refractivity contribution in [1.82, 2.24) is 15.5 Å². The summed E-state index contributed by atoms with van der Waals surface area (Å²) in [7, 11) is 0.